The van der Waals surface area contributed by atoms with Crippen LogP contribution in [0.2, 0.25) is 0 Å². The zero-order valence-corrected chi connectivity index (χ0v) is 13.1. The summed E-state index contributed by atoms with van der Waals surface area (Å²) >= 11 is 0. The predicted molar refractivity (Wildman–Crippen MR) is 78.1 cm³/mol. The molecule has 0 nitrogen and oxygen atoms in total. The van der Waals surface area contributed by atoms with E-state index in [1.165, 1.54) is 38.5 Å². The van der Waals surface area contributed by atoms with E-state index in [0.29, 0.717) is 0 Å². The Morgan fingerprint density at radius 3 is 1.47 bits per heavy atom. The molecular weight excluding hydrogens is 204 g/mol. The lowest BCUT2D eigenvalue weighted by atomic mass is 9.72. The first kappa shape index (κ1) is 15.1. The molecule has 102 valence electrons. The molecule has 1 unspecified atom stereocenters. The van der Waals surface area contributed by atoms with Crippen LogP contribution in [0, 0.1) is 29.1 Å². The average molecular weight is 238 g/mol. The van der Waals surface area contributed by atoms with Crippen LogP contribution in [-0.4, -0.2) is 0 Å². The Bertz CT molecular complexity index is 206. The van der Waals surface area contributed by atoms with Crippen molar-refractivity contribution in [2.24, 2.45) is 29.1 Å². The summed E-state index contributed by atoms with van der Waals surface area (Å²) in [4.78, 5) is 0. The Labute approximate surface area is 110 Å². The smallest absolute Gasteiger partial charge is 0.0320 e. The van der Waals surface area contributed by atoms with Crippen LogP contribution < -0.4 is 0 Å². The van der Waals surface area contributed by atoms with Gasteiger partial charge in [0.15, 0.2) is 0 Å². The fraction of sp³-hybridized carbons (Fsp3) is 1.00. The standard InChI is InChI=1S/C10H18.C5H10.C2H6/c1-7-4-8(5-7)9-6-10(9,2)3;1-5-3-2-4-5;1-2/h7-9H,4-6H2,1-3H3;5H,2-4H2,1H3;1-2H3. The lowest BCUT2D eigenvalue weighted by molar-refractivity contribution is 0.168. The zero-order valence-electron chi connectivity index (χ0n) is 13.1. The van der Waals surface area contributed by atoms with Crippen molar-refractivity contribution in [2.45, 2.75) is 80.1 Å². The van der Waals surface area contributed by atoms with E-state index < -0.39 is 0 Å². The molecule has 1 atom stereocenters. The minimum atomic E-state index is 0.727. The number of hydrogen-bond donors (Lipinski definition) is 0. The Hall–Kier alpha value is 0. The Morgan fingerprint density at radius 1 is 0.882 bits per heavy atom. The quantitative estimate of drug-likeness (QED) is 0.532. The third-order valence-electron chi connectivity index (χ3n) is 4.96. The molecule has 0 heteroatoms. The summed E-state index contributed by atoms with van der Waals surface area (Å²) in [6.45, 7) is 13.5. The Kier molecular flexibility index (Phi) is 5.54. The maximum Gasteiger partial charge on any atom is -0.0320 e. The first-order valence-electron chi connectivity index (χ1n) is 7.99. The minimum Gasteiger partial charge on any atom is -0.0683 e. The van der Waals surface area contributed by atoms with Gasteiger partial charge in [0.05, 0.1) is 0 Å². The van der Waals surface area contributed by atoms with Crippen molar-refractivity contribution in [1.29, 1.82) is 0 Å². The zero-order chi connectivity index (χ0) is 13.1. The monoisotopic (exact) mass is 238 g/mol. The van der Waals surface area contributed by atoms with Crippen LogP contribution in [0.3, 0.4) is 0 Å². The van der Waals surface area contributed by atoms with Crippen LogP contribution in [0.15, 0.2) is 0 Å². The van der Waals surface area contributed by atoms with Gasteiger partial charge in [-0.1, -0.05) is 60.8 Å². The molecule has 3 rings (SSSR count). The molecule has 3 fully saturated rings. The van der Waals surface area contributed by atoms with Crippen LogP contribution in [-0.2, 0) is 0 Å². The van der Waals surface area contributed by atoms with E-state index in [2.05, 4.69) is 27.7 Å². The maximum atomic E-state index is 2.42. The van der Waals surface area contributed by atoms with Crippen LogP contribution in [0.5, 0.6) is 0 Å². The van der Waals surface area contributed by atoms with E-state index in [4.69, 9.17) is 0 Å². The van der Waals surface area contributed by atoms with Gasteiger partial charge < -0.3 is 0 Å². The summed E-state index contributed by atoms with van der Waals surface area (Å²) < 4.78 is 0. The molecule has 0 heterocycles. The molecule has 3 aliphatic rings. The van der Waals surface area contributed by atoms with E-state index in [1.54, 1.807) is 0 Å². The van der Waals surface area contributed by atoms with Crippen LogP contribution >= 0.6 is 0 Å². The molecule has 0 aromatic rings. The molecule has 0 aliphatic heterocycles. The van der Waals surface area contributed by atoms with Crippen molar-refractivity contribution in [3.63, 3.8) is 0 Å². The predicted octanol–water partition coefficient (Wildman–Crippen LogP) is 5.91. The van der Waals surface area contributed by atoms with E-state index >= 15 is 0 Å². The average Bonchev–Trinajstić information content (AvgIpc) is 2.83. The SMILES string of the molecule is CC.CC1CC(C2CC2(C)C)C1.CC1CCC1. The Morgan fingerprint density at radius 2 is 1.29 bits per heavy atom. The van der Waals surface area contributed by atoms with Crippen molar-refractivity contribution >= 4 is 0 Å². The minimum absolute atomic E-state index is 0.727. The molecule has 3 saturated carbocycles. The third kappa shape index (κ3) is 4.30. The summed E-state index contributed by atoms with van der Waals surface area (Å²) in [5.74, 6) is 4.32. The van der Waals surface area contributed by atoms with Gasteiger partial charge in [-0.3, -0.25) is 0 Å². The first-order valence-corrected chi connectivity index (χ1v) is 7.99. The highest BCUT2D eigenvalue weighted by Gasteiger charge is 2.52. The lowest BCUT2D eigenvalue weighted by Gasteiger charge is -2.34. The first-order chi connectivity index (χ1) is 7.99. The molecule has 0 aromatic carbocycles. The van der Waals surface area contributed by atoms with Gasteiger partial charge in [0.2, 0.25) is 0 Å². The van der Waals surface area contributed by atoms with Gasteiger partial charge >= 0.3 is 0 Å². The fourth-order valence-electron chi connectivity index (χ4n) is 3.22. The highest BCUT2D eigenvalue weighted by molar-refractivity contribution is 5.01. The van der Waals surface area contributed by atoms with Crippen molar-refractivity contribution < 1.29 is 0 Å². The van der Waals surface area contributed by atoms with Gasteiger partial charge in [-0.15, -0.1) is 0 Å². The molecule has 0 saturated heterocycles. The molecule has 17 heavy (non-hydrogen) atoms. The fourth-order valence-corrected chi connectivity index (χ4v) is 3.22. The van der Waals surface area contributed by atoms with E-state index in [-0.39, 0.29) is 0 Å². The highest BCUT2D eigenvalue weighted by Crippen LogP contribution is 2.61. The molecule has 0 aromatic heterocycles. The molecule has 0 amide bonds. The second kappa shape index (κ2) is 6.25. The maximum absolute atomic E-state index is 2.42. The topological polar surface area (TPSA) is 0 Å². The van der Waals surface area contributed by atoms with Crippen LogP contribution in [0.4, 0.5) is 0 Å². The summed E-state index contributed by atoms with van der Waals surface area (Å²) in [7, 11) is 0. The van der Waals surface area contributed by atoms with Gasteiger partial charge in [-0.05, 0) is 48.3 Å². The summed E-state index contributed by atoms with van der Waals surface area (Å²) in [6, 6.07) is 0. The van der Waals surface area contributed by atoms with Crippen molar-refractivity contribution in [3.8, 4) is 0 Å². The van der Waals surface area contributed by atoms with Gasteiger partial charge in [0.1, 0.15) is 0 Å². The van der Waals surface area contributed by atoms with Crippen molar-refractivity contribution in [1.82, 2.24) is 0 Å². The van der Waals surface area contributed by atoms with Crippen molar-refractivity contribution in [3.05, 3.63) is 0 Å². The second-order valence-corrected chi connectivity index (χ2v) is 7.17. The molecule has 0 bridgehead atoms. The summed E-state index contributed by atoms with van der Waals surface area (Å²) in [5.41, 5.74) is 0.727. The molecule has 0 radical (unpaired) electrons. The molecule has 3 aliphatic carbocycles. The van der Waals surface area contributed by atoms with Crippen LogP contribution in [0.1, 0.15) is 80.1 Å². The molecular formula is C17H34. The van der Waals surface area contributed by atoms with Gasteiger partial charge in [0.25, 0.3) is 0 Å². The molecule has 0 spiro atoms. The lowest BCUT2D eigenvalue weighted by Crippen LogP contribution is -2.24. The molecule has 0 N–H and O–H groups in total. The van der Waals surface area contributed by atoms with E-state index in [0.717, 1.165) is 29.1 Å². The highest BCUT2D eigenvalue weighted by atomic mass is 14.6. The normalized spacial score (nSPS) is 37.4. The summed E-state index contributed by atoms with van der Waals surface area (Å²) in [6.07, 6.45) is 9.01. The van der Waals surface area contributed by atoms with Crippen LogP contribution in [0.25, 0.3) is 0 Å². The number of rotatable bonds is 1. The second-order valence-electron chi connectivity index (χ2n) is 7.17. The van der Waals surface area contributed by atoms with Gasteiger partial charge in [-0.2, -0.15) is 0 Å². The summed E-state index contributed by atoms with van der Waals surface area (Å²) in [5, 5.41) is 0. The Balaban J connectivity index is 0.000000175. The third-order valence-corrected chi connectivity index (χ3v) is 4.96. The van der Waals surface area contributed by atoms with Gasteiger partial charge in [0, 0.05) is 0 Å². The largest absolute Gasteiger partial charge is 0.0683 e. The van der Waals surface area contributed by atoms with E-state index in [1.807, 2.05) is 13.8 Å². The number of hydrogen-bond acceptors (Lipinski definition) is 0. The van der Waals surface area contributed by atoms with Gasteiger partial charge in [-0.25, -0.2) is 0 Å². The van der Waals surface area contributed by atoms with Crippen molar-refractivity contribution in [2.75, 3.05) is 0 Å². The van der Waals surface area contributed by atoms with E-state index in [9.17, 15) is 0 Å².